The lowest BCUT2D eigenvalue weighted by molar-refractivity contribution is -0.229. The van der Waals surface area contributed by atoms with Gasteiger partial charge in [0.2, 0.25) is 0 Å². The van der Waals surface area contributed by atoms with Crippen molar-refractivity contribution >= 4 is 0 Å². The molecule has 1 saturated heterocycles. The zero-order valence-electron chi connectivity index (χ0n) is 15.1. The molecule has 0 aromatic carbocycles. The van der Waals surface area contributed by atoms with Crippen LogP contribution in [0.25, 0.3) is 0 Å². The summed E-state index contributed by atoms with van der Waals surface area (Å²) in [5.74, 6) is 3.69. The smallest absolute Gasteiger partial charge is 0.168 e. The van der Waals surface area contributed by atoms with Crippen molar-refractivity contribution in [2.75, 3.05) is 13.2 Å². The number of hydrogen-bond acceptors (Lipinski definition) is 2. The highest BCUT2D eigenvalue weighted by molar-refractivity contribution is 5.08. The molecule has 1 aliphatic heterocycles. The highest BCUT2D eigenvalue weighted by Gasteiger charge is 2.60. The summed E-state index contributed by atoms with van der Waals surface area (Å²) < 4.78 is 12.1. The van der Waals surface area contributed by atoms with E-state index in [1.54, 1.807) is 0 Å². The molecule has 4 aliphatic carbocycles. The molecule has 0 aromatic heterocycles. The lowest BCUT2D eigenvalue weighted by atomic mass is 9.45. The van der Waals surface area contributed by atoms with Gasteiger partial charge in [-0.15, -0.1) is 0 Å². The summed E-state index contributed by atoms with van der Waals surface area (Å²) in [7, 11) is 0. The summed E-state index contributed by atoms with van der Waals surface area (Å²) in [6, 6.07) is 0. The van der Waals surface area contributed by atoms with E-state index in [0.29, 0.717) is 10.8 Å². The predicted molar refractivity (Wildman–Crippen MR) is 91.0 cm³/mol. The van der Waals surface area contributed by atoms with Crippen molar-refractivity contribution in [1.82, 2.24) is 0 Å². The Hall–Kier alpha value is -0.0800. The first-order valence-corrected chi connectivity index (χ1v) is 10.3. The topological polar surface area (TPSA) is 18.5 Å². The van der Waals surface area contributed by atoms with Gasteiger partial charge in [0.25, 0.3) is 0 Å². The van der Waals surface area contributed by atoms with Gasteiger partial charge in [0.15, 0.2) is 5.79 Å². The lowest BCUT2D eigenvalue weighted by Gasteiger charge is -2.61. The van der Waals surface area contributed by atoms with Gasteiger partial charge in [0.1, 0.15) is 0 Å². The van der Waals surface area contributed by atoms with Crippen molar-refractivity contribution < 1.29 is 9.47 Å². The highest BCUT2D eigenvalue weighted by Crippen LogP contribution is 2.67. The quantitative estimate of drug-likeness (QED) is 0.614. The molecule has 5 rings (SSSR count). The Morgan fingerprint density at radius 1 is 0.783 bits per heavy atom. The molecule has 2 nitrogen and oxygen atoms in total. The zero-order chi connectivity index (χ0) is 15.7. The number of fused-ring (bicyclic) bond motifs is 5. The van der Waals surface area contributed by atoms with Crippen LogP contribution in [-0.4, -0.2) is 19.0 Å². The Balaban J connectivity index is 1.41. The van der Waals surface area contributed by atoms with E-state index in [9.17, 15) is 0 Å². The van der Waals surface area contributed by atoms with E-state index in [-0.39, 0.29) is 5.79 Å². The van der Waals surface area contributed by atoms with E-state index in [2.05, 4.69) is 13.8 Å². The molecule has 0 N–H and O–H groups in total. The van der Waals surface area contributed by atoms with E-state index < -0.39 is 0 Å². The molecule has 5 aliphatic rings. The molecule has 1 heterocycles. The van der Waals surface area contributed by atoms with Gasteiger partial charge in [-0.3, -0.25) is 0 Å². The molecular weight excluding hydrogens is 284 g/mol. The Morgan fingerprint density at radius 3 is 2.43 bits per heavy atom. The van der Waals surface area contributed by atoms with Gasteiger partial charge in [0, 0.05) is 12.8 Å². The molecule has 23 heavy (non-hydrogen) atoms. The molecule has 1 spiro atoms. The molecule has 4 saturated carbocycles. The molecule has 0 unspecified atom stereocenters. The van der Waals surface area contributed by atoms with Gasteiger partial charge in [-0.05, 0) is 79.4 Å². The lowest BCUT2D eigenvalue weighted by Crippen LogP contribution is -2.55. The van der Waals surface area contributed by atoms with Crippen LogP contribution in [0, 0.1) is 34.5 Å². The Kier molecular flexibility index (Phi) is 3.29. The fourth-order valence-corrected chi connectivity index (χ4v) is 7.95. The third kappa shape index (κ3) is 2.06. The van der Waals surface area contributed by atoms with E-state index >= 15 is 0 Å². The van der Waals surface area contributed by atoms with Gasteiger partial charge < -0.3 is 9.47 Å². The van der Waals surface area contributed by atoms with E-state index in [1.165, 1.54) is 57.8 Å². The monoisotopic (exact) mass is 318 g/mol. The minimum atomic E-state index is -0.187. The van der Waals surface area contributed by atoms with Gasteiger partial charge in [-0.25, -0.2) is 0 Å². The molecular formula is C21H34O2. The van der Waals surface area contributed by atoms with Crippen molar-refractivity contribution in [3.8, 4) is 0 Å². The summed E-state index contributed by atoms with van der Waals surface area (Å²) in [5, 5.41) is 0. The molecule has 130 valence electrons. The van der Waals surface area contributed by atoms with E-state index in [0.717, 1.165) is 43.3 Å². The Morgan fingerprint density at radius 2 is 1.61 bits per heavy atom. The summed E-state index contributed by atoms with van der Waals surface area (Å²) in [6.45, 7) is 6.89. The maximum Gasteiger partial charge on any atom is 0.168 e. The van der Waals surface area contributed by atoms with Crippen LogP contribution in [0.15, 0.2) is 0 Å². The largest absolute Gasteiger partial charge is 0.348 e. The first-order valence-electron chi connectivity index (χ1n) is 10.3. The Labute approximate surface area is 141 Å². The number of ether oxygens (including phenoxy) is 2. The van der Waals surface area contributed by atoms with Gasteiger partial charge in [-0.1, -0.05) is 20.3 Å². The van der Waals surface area contributed by atoms with E-state index in [1.807, 2.05) is 0 Å². The third-order valence-electron chi connectivity index (χ3n) is 9.26. The Bertz CT molecular complexity index is 482. The predicted octanol–water partition coefficient (Wildman–Crippen LogP) is 5.16. The van der Waals surface area contributed by atoms with Crippen LogP contribution < -0.4 is 0 Å². The standard InChI is InChI=1S/C21H34O2/c1-19-8-3-4-17(19)16-6-5-15-14-21(22-12-13-23-21)11-10-20(15,2)18(16)7-9-19/h15-18H,3-14H2,1-2H3/t15-,16+,17+,18+,19+,20+/m1/s1. The molecule has 0 aromatic rings. The van der Waals surface area contributed by atoms with Gasteiger partial charge in [-0.2, -0.15) is 0 Å². The molecule has 0 radical (unpaired) electrons. The second-order valence-electron chi connectivity index (χ2n) is 10.1. The van der Waals surface area contributed by atoms with Crippen molar-refractivity contribution in [2.45, 2.75) is 83.8 Å². The van der Waals surface area contributed by atoms with Crippen LogP contribution in [0.5, 0.6) is 0 Å². The molecule has 0 amide bonds. The maximum absolute atomic E-state index is 6.07. The van der Waals surface area contributed by atoms with Crippen LogP contribution in [0.1, 0.15) is 78.1 Å². The zero-order valence-corrected chi connectivity index (χ0v) is 15.1. The van der Waals surface area contributed by atoms with Crippen molar-refractivity contribution in [3.63, 3.8) is 0 Å². The third-order valence-corrected chi connectivity index (χ3v) is 9.26. The summed E-state index contributed by atoms with van der Waals surface area (Å²) in [6.07, 6.45) is 14.1. The van der Waals surface area contributed by atoms with E-state index in [4.69, 9.17) is 9.47 Å². The second kappa shape index (κ2) is 4.97. The fraction of sp³-hybridized carbons (Fsp3) is 1.00. The minimum absolute atomic E-state index is 0.187. The van der Waals surface area contributed by atoms with Gasteiger partial charge in [0.05, 0.1) is 13.2 Å². The average Bonchev–Trinajstić information content (AvgIpc) is 3.15. The molecule has 2 heteroatoms. The SMILES string of the molecule is C[C@@]12CCC[C@H]1[C@@H]1CC[C@@H]3CC4(CC[C@]3(C)[C@H]1CC2)OCCO4. The van der Waals surface area contributed by atoms with Crippen LogP contribution in [-0.2, 0) is 9.47 Å². The van der Waals surface area contributed by atoms with Crippen LogP contribution >= 0.6 is 0 Å². The normalized spacial score (nSPS) is 54.5. The average molecular weight is 319 g/mol. The summed E-state index contributed by atoms with van der Waals surface area (Å²) in [4.78, 5) is 0. The first kappa shape index (κ1) is 15.2. The van der Waals surface area contributed by atoms with Gasteiger partial charge >= 0.3 is 0 Å². The number of rotatable bonds is 0. The molecule has 6 atom stereocenters. The maximum atomic E-state index is 6.07. The van der Waals surface area contributed by atoms with Crippen molar-refractivity contribution in [2.24, 2.45) is 34.5 Å². The minimum Gasteiger partial charge on any atom is -0.348 e. The van der Waals surface area contributed by atoms with Crippen molar-refractivity contribution in [3.05, 3.63) is 0 Å². The fourth-order valence-electron chi connectivity index (χ4n) is 7.95. The first-order chi connectivity index (χ1) is 11.0. The highest BCUT2D eigenvalue weighted by atomic mass is 16.7. The second-order valence-corrected chi connectivity index (χ2v) is 10.1. The van der Waals surface area contributed by atoms with Crippen LogP contribution in [0.2, 0.25) is 0 Å². The molecule has 5 fully saturated rings. The summed E-state index contributed by atoms with van der Waals surface area (Å²) in [5.41, 5.74) is 1.26. The summed E-state index contributed by atoms with van der Waals surface area (Å²) >= 11 is 0. The number of hydrogen-bond donors (Lipinski definition) is 0. The van der Waals surface area contributed by atoms with Crippen molar-refractivity contribution in [1.29, 1.82) is 0 Å². The van der Waals surface area contributed by atoms with Crippen LogP contribution in [0.4, 0.5) is 0 Å². The molecule has 0 bridgehead atoms. The van der Waals surface area contributed by atoms with Crippen LogP contribution in [0.3, 0.4) is 0 Å².